The van der Waals surface area contributed by atoms with Gasteiger partial charge in [0.1, 0.15) is 11.5 Å². The molecule has 0 spiro atoms. The third-order valence-corrected chi connectivity index (χ3v) is 4.01. The summed E-state index contributed by atoms with van der Waals surface area (Å²) in [7, 11) is 0. The minimum absolute atomic E-state index is 0.108. The Bertz CT molecular complexity index is 861. The molecule has 3 aromatic rings. The predicted molar refractivity (Wildman–Crippen MR) is 89.9 cm³/mol. The fourth-order valence-corrected chi connectivity index (χ4v) is 2.83. The number of nitrogens with one attached hydrogen (secondary N) is 1. The van der Waals surface area contributed by atoms with Crippen LogP contribution in [0.2, 0.25) is 0 Å². The van der Waals surface area contributed by atoms with E-state index in [1.54, 1.807) is 23.4 Å². The number of fused-ring (bicyclic) bond motifs is 1. The van der Waals surface area contributed by atoms with Gasteiger partial charge in [0.25, 0.3) is 5.91 Å². The highest BCUT2D eigenvalue weighted by atomic mass is 16.3. The van der Waals surface area contributed by atoms with Crippen LogP contribution in [-0.4, -0.2) is 22.4 Å². The minimum Gasteiger partial charge on any atom is -0.467 e. The van der Waals surface area contributed by atoms with Crippen molar-refractivity contribution in [2.45, 2.75) is 13.0 Å². The van der Waals surface area contributed by atoms with Crippen molar-refractivity contribution < 1.29 is 9.21 Å². The number of carbonyl (C=O) groups is 1. The van der Waals surface area contributed by atoms with E-state index in [0.717, 1.165) is 17.9 Å². The first-order chi connectivity index (χ1) is 11.8. The lowest BCUT2D eigenvalue weighted by atomic mass is 10.2. The second kappa shape index (κ2) is 6.16. The summed E-state index contributed by atoms with van der Waals surface area (Å²) in [4.78, 5) is 23.0. The minimum atomic E-state index is -0.108. The Kier molecular flexibility index (Phi) is 3.70. The standard InChI is InChI=1S/C18H16N4O2/c23-17(22-10-8-13-4-1-2-6-16(13)22)15-7-9-19-18(21-15)20-12-14-5-3-11-24-14/h1-7,9,11H,8,10,12H2,(H,19,20,21). The van der Waals surface area contributed by atoms with E-state index in [1.807, 2.05) is 30.3 Å². The molecule has 6 heteroatoms. The molecule has 0 saturated heterocycles. The van der Waals surface area contributed by atoms with Crippen LogP contribution in [0.3, 0.4) is 0 Å². The van der Waals surface area contributed by atoms with Gasteiger partial charge in [0.2, 0.25) is 5.95 Å². The largest absolute Gasteiger partial charge is 0.467 e. The molecule has 0 bridgehead atoms. The molecule has 4 rings (SSSR count). The van der Waals surface area contributed by atoms with Crippen molar-refractivity contribution in [2.75, 3.05) is 16.8 Å². The van der Waals surface area contributed by atoms with E-state index >= 15 is 0 Å². The monoisotopic (exact) mass is 320 g/mol. The predicted octanol–water partition coefficient (Wildman–Crippen LogP) is 2.88. The van der Waals surface area contributed by atoms with Gasteiger partial charge in [-0.1, -0.05) is 18.2 Å². The number of benzene rings is 1. The van der Waals surface area contributed by atoms with Crippen molar-refractivity contribution in [3.63, 3.8) is 0 Å². The molecule has 1 amide bonds. The molecule has 0 fully saturated rings. The van der Waals surface area contributed by atoms with Crippen molar-refractivity contribution in [1.82, 2.24) is 9.97 Å². The lowest BCUT2D eigenvalue weighted by Gasteiger charge is -2.17. The van der Waals surface area contributed by atoms with Crippen LogP contribution in [0.25, 0.3) is 0 Å². The van der Waals surface area contributed by atoms with Crippen LogP contribution >= 0.6 is 0 Å². The Morgan fingerprint density at radius 2 is 2.12 bits per heavy atom. The van der Waals surface area contributed by atoms with E-state index in [-0.39, 0.29) is 5.91 Å². The van der Waals surface area contributed by atoms with Gasteiger partial charge in [-0.2, -0.15) is 0 Å². The number of hydrogen-bond donors (Lipinski definition) is 1. The van der Waals surface area contributed by atoms with Crippen LogP contribution in [0, 0.1) is 0 Å². The van der Waals surface area contributed by atoms with Gasteiger partial charge < -0.3 is 14.6 Å². The molecule has 24 heavy (non-hydrogen) atoms. The number of para-hydroxylation sites is 1. The quantitative estimate of drug-likeness (QED) is 0.800. The normalized spacial score (nSPS) is 12.9. The molecular weight excluding hydrogens is 304 g/mol. The third kappa shape index (κ3) is 2.74. The van der Waals surface area contributed by atoms with Gasteiger partial charge in [0, 0.05) is 18.4 Å². The zero-order valence-electron chi connectivity index (χ0n) is 13.0. The SMILES string of the molecule is O=C(c1ccnc(NCc2ccco2)n1)N1CCc2ccccc21. The van der Waals surface area contributed by atoms with Gasteiger partial charge in [-0.25, -0.2) is 9.97 Å². The maximum absolute atomic E-state index is 12.8. The lowest BCUT2D eigenvalue weighted by molar-refractivity contribution is 0.0984. The summed E-state index contributed by atoms with van der Waals surface area (Å²) in [6.07, 6.45) is 4.08. The average molecular weight is 320 g/mol. The number of nitrogens with zero attached hydrogens (tertiary/aromatic N) is 3. The van der Waals surface area contributed by atoms with E-state index in [1.165, 1.54) is 5.56 Å². The highest BCUT2D eigenvalue weighted by Gasteiger charge is 2.26. The van der Waals surface area contributed by atoms with Crippen molar-refractivity contribution in [3.05, 3.63) is 71.9 Å². The zero-order chi connectivity index (χ0) is 16.4. The maximum atomic E-state index is 12.8. The van der Waals surface area contributed by atoms with Gasteiger partial charge in [-0.3, -0.25) is 4.79 Å². The molecule has 1 aliphatic rings. The second-order valence-corrected chi connectivity index (χ2v) is 5.53. The Morgan fingerprint density at radius 1 is 1.21 bits per heavy atom. The fourth-order valence-electron chi connectivity index (χ4n) is 2.83. The first-order valence-corrected chi connectivity index (χ1v) is 7.80. The third-order valence-electron chi connectivity index (χ3n) is 4.01. The van der Waals surface area contributed by atoms with Gasteiger partial charge in [-0.15, -0.1) is 0 Å². The van der Waals surface area contributed by atoms with Crippen LogP contribution in [0.5, 0.6) is 0 Å². The molecule has 1 aromatic carbocycles. The van der Waals surface area contributed by atoms with Gasteiger partial charge >= 0.3 is 0 Å². The Labute approximate surface area is 139 Å². The summed E-state index contributed by atoms with van der Waals surface area (Å²) in [5.41, 5.74) is 2.53. The van der Waals surface area contributed by atoms with Crippen molar-refractivity contribution >= 4 is 17.5 Å². The summed E-state index contributed by atoms with van der Waals surface area (Å²) < 4.78 is 5.26. The Hall–Kier alpha value is -3.15. The molecule has 0 radical (unpaired) electrons. The van der Waals surface area contributed by atoms with Crippen molar-refractivity contribution in [1.29, 1.82) is 0 Å². The first-order valence-electron chi connectivity index (χ1n) is 7.80. The van der Waals surface area contributed by atoms with Crippen LogP contribution in [0.15, 0.2) is 59.3 Å². The summed E-state index contributed by atoms with van der Waals surface area (Å²) in [5.74, 6) is 1.08. The van der Waals surface area contributed by atoms with E-state index in [2.05, 4.69) is 21.4 Å². The summed E-state index contributed by atoms with van der Waals surface area (Å²) in [6, 6.07) is 13.3. The molecule has 3 heterocycles. The highest BCUT2D eigenvalue weighted by Crippen LogP contribution is 2.28. The molecule has 1 aliphatic heterocycles. The number of rotatable bonds is 4. The molecule has 6 nitrogen and oxygen atoms in total. The molecular formula is C18H16N4O2. The van der Waals surface area contributed by atoms with E-state index < -0.39 is 0 Å². The molecule has 0 saturated carbocycles. The summed E-state index contributed by atoms with van der Waals surface area (Å²) in [6.45, 7) is 1.15. The Balaban J connectivity index is 1.52. The van der Waals surface area contributed by atoms with E-state index in [4.69, 9.17) is 4.42 Å². The lowest BCUT2D eigenvalue weighted by Crippen LogP contribution is -2.29. The number of aromatic nitrogens is 2. The number of hydrogen-bond acceptors (Lipinski definition) is 5. The topological polar surface area (TPSA) is 71.3 Å². The molecule has 0 atom stereocenters. The Morgan fingerprint density at radius 3 is 3.00 bits per heavy atom. The zero-order valence-corrected chi connectivity index (χ0v) is 13.0. The molecule has 2 aromatic heterocycles. The first kappa shape index (κ1) is 14.4. The number of carbonyl (C=O) groups excluding carboxylic acids is 1. The van der Waals surface area contributed by atoms with Crippen LogP contribution in [-0.2, 0) is 13.0 Å². The maximum Gasteiger partial charge on any atom is 0.277 e. The number of amides is 1. The smallest absolute Gasteiger partial charge is 0.277 e. The van der Waals surface area contributed by atoms with Crippen LogP contribution in [0.1, 0.15) is 21.8 Å². The molecule has 120 valence electrons. The number of furan rings is 1. The van der Waals surface area contributed by atoms with Crippen LogP contribution in [0.4, 0.5) is 11.6 Å². The molecule has 0 unspecified atom stereocenters. The average Bonchev–Trinajstić information content (AvgIpc) is 3.29. The highest BCUT2D eigenvalue weighted by molar-refractivity contribution is 6.06. The number of anilines is 2. The summed E-state index contributed by atoms with van der Waals surface area (Å²) >= 11 is 0. The van der Waals surface area contributed by atoms with E-state index in [0.29, 0.717) is 24.7 Å². The second-order valence-electron chi connectivity index (χ2n) is 5.53. The van der Waals surface area contributed by atoms with Crippen LogP contribution < -0.4 is 10.2 Å². The van der Waals surface area contributed by atoms with Crippen molar-refractivity contribution in [3.8, 4) is 0 Å². The van der Waals surface area contributed by atoms with Gasteiger partial charge in [0.15, 0.2) is 0 Å². The van der Waals surface area contributed by atoms with Crippen molar-refractivity contribution in [2.24, 2.45) is 0 Å². The molecule has 0 aliphatic carbocycles. The van der Waals surface area contributed by atoms with E-state index in [9.17, 15) is 4.79 Å². The van der Waals surface area contributed by atoms with Gasteiger partial charge in [-0.05, 0) is 36.2 Å². The fraction of sp³-hybridized carbons (Fsp3) is 0.167. The molecule has 1 N–H and O–H groups in total. The summed E-state index contributed by atoms with van der Waals surface area (Å²) in [5, 5.41) is 3.07. The van der Waals surface area contributed by atoms with Gasteiger partial charge in [0.05, 0.1) is 12.8 Å².